The van der Waals surface area contributed by atoms with E-state index >= 15 is 0 Å². The summed E-state index contributed by atoms with van der Waals surface area (Å²) < 4.78 is 10.7. The summed E-state index contributed by atoms with van der Waals surface area (Å²) in [7, 11) is 1.69. The van der Waals surface area contributed by atoms with E-state index in [-0.39, 0.29) is 12.6 Å². The fourth-order valence-electron chi connectivity index (χ4n) is 2.62. The van der Waals surface area contributed by atoms with Crippen LogP contribution in [0.5, 0.6) is 5.75 Å². The summed E-state index contributed by atoms with van der Waals surface area (Å²) in [5.41, 5.74) is 8.38. The molecule has 0 amide bonds. The van der Waals surface area contributed by atoms with Gasteiger partial charge in [-0.2, -0.15) is 0 Å². The lowest BCUT2D eigenvalue weighted by atomic mass is 10.0. The number of benzene rings is 1. The fourth-order valence-corrected chi connectivity index (χ4v) is 2.62. The fraction of sp³-hybridized carbons (Fsp3) is 0.571. The molecule has 1 aromatic carbocycles. The lowest BCUT2D eigenvalue weighted by Gasteiger charge is -2.23. The van der Waals surface area contributed by atoms with Crippen LogP contribution in [0.2, 0.25) is 0 Å². The zero-order valence-corrected chi connectivity index (χ0v) is 11.3. The SMILES string of the molecule is COc1cccc2c1CN(CCOCCO)C2CN. The second-order valence-electron chi connectivity index (χ2n) is 4.59. The maximum Gasteiger partial charge on any atom is 0.123 e. The van der Waals surface area contributed by atoms with Gasteiger partial charge >= 0.3 is 0 Å². The predicted molar refractivity (Wildman–Crippen MR) is 73.1 cm³/mol. The summed E-state index contributed by atoms with van der Waals surface area (Å²) in [4.78, 5) is 2.30. The number of nitrogens with zero attached hydrogens (tertiary/aromatic N) is 1. The van der Waals surface area contributed by atoms with Crippen LogP contribution in [0.3, 0.4) is 0 Å². The largest absolute Gasteiger partial charge is 0.496 e. The molecule has 1 aromatic rings. The molecule has 106 valence electrons. The van der Waals surface area contributed by atoms with Crippen LogP contribution in [-0.4, -0.2) is 50.0 Å². The van der Waals surface area contributed by atoms with Gasteiger partial charge in [-0.1, -0.05) is 12.1 Å². The van der Waals surface area contributed by atoms with E-state index in [0.29, 0.717) is 19.8 Å². The highest BCUT2D eigenvalue weighted by molar-refractivity contribution is 5.44. The minimum atomic E-state index is 0.0639. The van der Waals surface area contributed by atoms with Gasteiger partial charge in [-0.3, -0.25) is 4.90 Å². The van der Waals surface area contributed by atoms with Gasteiger partial charge in [0.2, 0.25) is 0 Å². The van der Waals surface area contributed by atoms with Crippen LogP contribution in [0.4, 0.5) is 0 Å². The van der Waals surface area contributed by atoms with Gasteiger partial charge in [0, 0.05) is 31.2 Å². The molecule has 5 heteroatoms. The molecule has 0 spiro atoms. The standard InChI is InChI=1S/C14H22N2O3/c1-18-14-4-2-3-11-12(14)10-16(13(11)9-15)5-7-19-8-6-17/h2-4,13,17H,5-10,15H2,1H3. The van der Waals surface area contributed by atoms with E-state index in [2.05, 4.69) is 11.0 Å². The van der Waals surface area contributed by atoms with Crippen molar-refractivity contribution >= 4 is 0 Å². The van der Waals surface area contributed by atoms with Crippen molar-refractivity contribution < 1.29 is 14.6 Å². The van der Waals surface area contributed by atoms with E-state index in [9.17, 15) is 0 Å². The van der Waals surface area contributed by atoms with Gasteiger partial charge in [0.15, 0.2) is 0 Å². The third-order valence-corrected chi connectivity index (χ3v) is 3.53. The quantitative estimate of drug-likeness (QED) is 0.704. The van der Waals surface area contributed by atoms with Gasteiger partial charge in [-0.15, -0.1) is 0 Å². The maximum atomic E-state index is 8.69. The Morgan fingerprint density at radius 1 is 1.42 bits per heavy atom. The van der Waals surface area contributed by atoms with Crippen LogP contribution in [0.15, 0.2) is 18.2 Å². The average molecular weight is 266 g/mol. The zero-order chi connectivity index (χ0) is 13.7. The van der Waals surface area contributed by atoms with E-state index in [0.717, 1.165) is 18.8 Å². The lowest BCUT2D eigenvalue weighted by molar-refractivity contribution is 0.0656. The molecule has 1 aliphatic heterocycles. The first-order chi connectivity index (χ1) is 9.31. The summed E-state index contributed by atoms with van der Waals surface area (Å²) in [6, 6.07) is 6.33. The number of aliphatic hydroxyl groups excluding tert-OH is 1. The van der Waals surface area contributed by atoms with Crippen molar-refractivity contribution in [3.8, 4) is 5.75 Å². The van der Waals surface area contributed by atoms with Crippen LogP contribution < -0.4 is 10.5 Å². The molecular formula is C14H22N2O3. The number of methoxy groups -OCH3 is 1. The van der Waals surface area contributed by atoms with Crippen LogP contribution in [0.25, 0.3) is 0 Å². The number of hydrogen-bond donors (Lipinski definition) is 2. The highest BCUT2D eigenvalue weighted by Gasteiger charge is 2.30. The second-order valence-corrected chi connectivity index (χ2v) is 4.59. The van der Waals surface area contributed by atoms with E-state index in [1.54, 1.807) is 7.11 Å². The van der Waals surface area contributed by atoms with Crippen molar-refractivity contribution in [2.24, 2.45) is 5.73 Å². The van der Waals surface area contributed by atoms with Crippen molar-refractivity contribution in [1.29, 1.82) is 0 Å². The summed E-state index contributed by atoms with van der Waals surface area (Å²) >= 11 is 0. The van der Waals surface area contributed by atoms with E-state index in [4.69, 9.17) is 20.3 Å². The molecule has 5 nitrogen and oxygen atoms in total. The van der Waals surface area contributed by atoms with Gasteiger partial charge in [-0.25, -0.2) is 0 Å². The number of rotatable bonds is 7. The average Bonchev–Trinajstić information content (AvgIpc) is 2.80. The number of hydrogen-bond acceptors (Lipinski definition) is 5. The Morgan fingerprint density at radius 3 is 2.95 bits per heavy atom. The molecule has 0 fully saturated rings. The molecule has 1 unspecified atom stereocenters. The number of ether oxygens (including phenoxy) is 2. The van der Waals surface area contributed by atoms with Crippen LogP contribution in [0.1, 0.15) is 17.2 Å². The van der Waals surface area contributed by atoms with Gasteiger partial charge < -0.3 is 20.3 Å². The van der Waals surface area contributed by atoms with Crippen molar-refractivity contribution in [3.05, 3.63) is 29.3 Å². The monoisotopic (exact) mass is 266 g/mol. The second kappa shape index (κ2) is 6.86. The molecular weight excluding hydrogens is 244 g/mol. The summed E-state index contributed by atoms with van der Waals surface area (Å²) in [5.74, 6) is 0.926. The molecule has 2 rings (SSSR count). The molecule has 0 aromatic heterocycles. The first kappa shape index (κ1) is 14.3. The van der Waals surface area contributed by atoms with Gasteiger partial charge in [0.1, 0.15) is 5.75 Å². The van der Waals surface area contributed by atoms with Gasteiger partial charge in [0.25, 0.3) is 0 Å². The maximum absolute atomic E-state index is 8.69. The van der Waals surface area contributed by atoms with E-state index in [1.807, 2.05) is 12.1 Å². The third kappa shape index (κ3) is 3.06. The molecule has 1 aliphatic rings. The van der Waals surface area contributed by atoms with E-state index in [1.165, 1.54) is 11.1 Å². The summed E-state index contributed by atoms with van der Waals surface area (Å²) in [5, 5.41) is 8.69. The molecule has 0 bridgehead atoms. The van der Waals surface area contributed by atoms with Gasteiger partial charge in [-0.05, 0) is 11.6 Å². The molecule has 0 saturated heterocycles. The van der Waals surface area contributed by atoms with Crippen LogP contribution in [0, 0.1) is 0 Å². The number of fused-ring (bicyclic) bond motifs is 1. The minimum Gasteiger partial charge on any atom is -0.496 e. The highest BCUT2D eigenvalue weighted by atomic mass is 16.5. The smallest absolute Gasteiger partial charge is 0.123 e. The Morgan fingerprint density at radius 2 is 2.26 bits per heavy atom. The molecule has 0 saturated carbocycles. The first-order valence-corrected chi connectivity index (χ1v) is 6.60. The normalized spacial score (nSPS) is 18.6. The summed E-state index contributed by atoms with van der Waals surface area (Å²) in [6.07, 6.45) is 0. The molecule has 19 heavy (non-hydrogen) atoms. The Hall–Kier alpha value is -1.14. The Balaban J connectivity index is 2.05. The number of aliphatic hydroxyl groups is 1. The lowest BCUT2D eigenvalue weighted by Crippen LogP contribution is -2.31. The van der Waals surface area contributed by atoms with Crippen molar-refractivity contribution in [1.82, 2.24) is 4.90 Å². The highest BCUT2D eigenvalue weighted by Crippen LogP contribution is 2.37. The zero-order valence-electron chi connectivity index (χ0n) is 11.3. The van der Waals surface area contributed by atoms with E-state index < -0.39 is 0 Å². The van der Waals surface area contributed by atoms with Crippen LogP contribution >= 0.6 is 0 Å². The van der Waals surface area contributed by atoms with Gasteiger partial charge in [0.05, 0.1) is 26.9 Å². The number of nitrogens with two attached hydrogens (primary N) is 1. The summed E-state index contributed by atoms with van der Waals surface area (Å²) in [6.45, 7) is 3.28. The minimum absolute atomic E-state index is 0.0639. The molecule has 1 heterocycles. The molecule has 3 N–H and O–H groups in total. The first-order valence-electron chi connectivity index (χ1n) is 6.60. The molecule has 1 atom stereocenters. The Bertz CT molecular complexity index is 412. The molecule has 0 radical (unpaired) electrons. The Kier molecular flexibility index (Phi) is 5.15. The van der Waals surface area contributed by atoms with Crippen LogP contribution in [-0.2, 0) is 11.3 Å². The molecule has 0 aliphatic carbocycles. The van der Waals surface area contributed by atoms with Crippen molar-refractivity contribution in [3.63, 3.8) is 0 Å². The predicted octanol–water partition coefficient (Wildman–Crippen LogP) is 0.520. The van der Waals surface area contributed by atoms with Crippen molar-refractivity contribution in [2.45, 2.75) is 12.6 Å². The Labute approximate surface area is 113 Å². The van der Waals surface area contributed by atoms with Crippen molar-refractivity contribution in [2.75, 3.05) is 40.0 Å². The third-order valence-electron chi connectivity index (χ3n) is 3.53. The topological polar surface area (TPSA) is 68.0 Å².